The van der Waals surface area contributed by atoms with E-state index in [1.807, 2.05) is 20.8 Å². The number of fused-ring (bicyclic) bond motifs is 12. The lowest BCUT2D eigenvalue weighted by Gasteiger charge is -2.43. The average molecular weight is 2030 g/mol. The second-order valence-electron chi connectivity index (χ2n) is 44.8. The summed E-state index contributed by atoms with van der Waals surface area (Å²) < 4.78 is 222. The van der Waals surface area contributed by atoms with Crippen LogP contribution in [0.4, 0.5) is 57.1 Å². The molecular formula is C117H145F13N12O4. The lowest BCUT2D eigenvalue weighted by atomic mass is 9.86. The van der Waals surface area contributed by atoms with Gasteiger partial charge in [0.2, 0.25) is 0 Å². The van der Waals surface area contributed by atoms with Crippen molar-refractivity contribution in [3.63, 3.8) is 0 Å². The number of aryl methyl sites for hydroxylation is 1. The third-order valence-corrected chi connectivity index (χ3v) is 30.2. The number of para-hydroxylation sites is 1. The van der Waals surface area contributed by atoms with Crippen LogP contribution in [0.25, 0.3) is 43.6 Å². The van der Waals surface area contributed by atoms with Crippen molar-refractivity contribution >= 4 is 43.6 Å². The summed E-state index contributed by atoms with van der Waals surface area (Å²) in [5, 5.41) is 2.94. The molecule has 4 fully saturated rings. The molecule has 788 valence electrons. The van der Waals surface area contributed by atoms with E-state index < -0.39 is 93.2 Å². The van der Waals surface area contributed by atoms with Gasteiger partial charge in [0.25, 0.3) is 0 Å². The number of aromatic nitrogens is 4. The van der Waals surface area contributed by atoms with Crippen molar-refractivity contribution in [1.29, 1.82) is 0 Å². The number of hydrogen-bond donors (Lipinski definition) is 4. The van der Waals surface area contributed by atoms with Gasteiger partial charge in [-0.1, -0.05) is 89.8 Å². The molecule has 146 heavy (non-hydrogen) atoms. The Morgan fingerprint density at radius 1 is 0.308 bits per heavy atom. The first-order chi connectivity index (χ1) is 69.4. The molecule has 20 rings (SSSR count). The van der Waals surface area contributed by atoms with Gasteiger partial charge in [-0.3, -0.25) is 39.2 Å². The Bertz CT molecular complexity index is 6300. The molecule has 0 bridgehead atoms. The van der Waals surface area contributed by atoms with E-state index in [-0.39, 0.29) is 108 Å². The molecule has 8 aromatic carbocycles. The Balaban J connectivity index is 0.000000133. The molecule has 4 saturated heterocycles. The van der Waals surface area contributed by atoms with Crippen molar-refractivity contribution in [2.75, 3.05) is 105 Å². The second kappa shape index (κ2) is 44.2. The number of rotatable bonds is 32. The highest BCUT2D eigenvalue weighted by Crippen LogP contribution is 2.51. The van der Waals surface area contributed by atoms with Crippen LogP contribution in [-0.2, 0) is 25.7 Å². The van der Waals surface area contributed by atoms with Crippen molar-refractivity contribution in [2.24, 2.45) is 0 Å². The van der Waals surface area contributed by atoms with Gasteiger partial charge in [-0.05, 0) is 262 Å². The van der Waals surface area contributed by atoms with Crippen molar-refractivity contribution in [3.8, 4) is 23.0 Å². The number of hydrogen-bond acceptors (Lipinski definition) is 12. The summed E-state index contributed by atoms with van der Waals surface area (Å²) in [6.07, 6.45) is 11.4. The first-order valence-corrected chi connectivity index (χ1v) is 52.8. The van der Waals surface area contributed by atoms with E-state index >= 15 is 30.7 Å². The molecule has 29 heteroatoms. The summed E-state index contributed by atoms with van der Waals surface area (Å²) in [5.41, 5.74) is 5.01. The van der Waals surface area contributed by atoms with Gasteiger partial charge >= 0.3 is 0 Å². The number of halogens is 13. The Hall–Kier alpha value is -10.1. The average Bonchev–Trinajstić information content (AvgIpc) is 1.53. The van der Waals surface area contributed by atoms with E-state index in [1.165, 1.54) is 149 Å². The summed E-state index contributed by atoms with van der Waals surface area (Å²) in [5.74, 6) is -4.34. The number of nitrogens with one attached hydrogen (secondary N) is 4. The first-order valence-electron chi connectivity index (χ1n) is 52.8. The van der Waals surface area contributed by atoms with Crippen molar-refractivity contribution in [3.05, 3.63) is 259 Å². The maximum Gasteiger partial charge on any atom is 0.135 e. The van der Waals surface area contributed by atoms with Gasteiger partial charge < -0.3 is 38.9 Å². The predicted octanol–water partition coefficient (Wildman–Crippen LogP) is 26.0. The van der Waals surface area contributed by atoms with Crippen LogP contribution >= 0.6 is 0 Å². The Morgan fingerprint density at radius 3 is 0.945 bits per heavy atom. The minimum absolute atomic E-state index is 0.0153. The van der Waals surface area contributed by atoms with E-state index in [4.69, 9.17) is 18.9 Å². The molecule has 4 N–H and O–H groups in total. The summed E-state index contributed by atoms with van der Waals surface area (Å²) in [4.78, 5) is 30.3. The van der Waals surface area contributed by atoms with Crippen LogP contribution in [-0.4, -0.2) is 235 Å². The third-order valence-electron chi connectivity index (χ3n) is 30.2. The number of unbranched alkanes of at least 4 members (excludes halogenated alkanes) is 4. The molecule has 0 unspecified atom stereocenters. The lowest BCUT2D eigenvalue weighted by Crippen LogP contribution is -2.53. The van der Waals surface area contributed by atoms with Crippen molar-refractivity contribution in [2.45, 2.75) is 290 Å². The zero-order valence-electron chi connectivity index (χ0n) is 87.6. The molecule has 0 amide bonds. The van der Waals surface area contributed by atoms with Gasteiger partial charge in [-0.25, -0.2) is 57.1 Å². The van der Waals surface area contributed by atoms with Gasteiger partial charge in [-0.15, -0.1) is 0 Å². The van der Waals surface area contributed by atoms with Crippen LogP contribution in [0.2, 0.25) is 0 Å². The maximum atomic E-state index is 15.7. The molecule has 8 atom stereocenters. The fraction of sp³-hybridized carbons (Fsp3) is 0.521. The number of nitrogens with zero attached hydrogens (tertiary/aromatic N) is 8. The van der Waals surface area contributed by atoms with Gasteiger partial charge in [0.05, 0.1) is 24.2 Å². The molecule has 8 aliphatic rings. The molecule has 4 aromatic heterocycles. The minimum atomic E-state index is -1.61. The summed E-state index contributed by atoms with van der Waals surface area (Å²) in [6, 6.07) is 32.9. The third kappa shape index (κ3) is 23.8. The maximum absolute atomic E-state index is 15.7. The predicted molar refractivity (Wildman–Crippen MR) is 554 cm³/mol. The van der Waals surface area contributed by atoms with E-state index in [1.54, 1.807) is 58.9 Å². The highest BCUT2D eigenvalue weighted by Gasteiger charge is 2.48. The lowest BCUT2D eigenvalue weighted by molar-refractivity contribution is 0.0187. The molecule has 8 aliphatic heterocycles. The second-order valence-corrected chi connectivity index (χ2v) is 44.8. The topological polar surface area (TPSA) is 126 Å². The quantitative estimate of drug-likeness (QED) is 0.0300. The highest BCUT2D eigenvalue weighted by molar-refractivity contribution is 5.89. The monoisotopic (exact) mass is 2030 g/mol. The van der Waals surface area contributed by atoms with Crippen LogP contribution in [0.5, 0.6) is 23.0 Å². The van der Waals surface area contributed by atoms with Crippen molar-refractivity contribution in [1.82, 2.24) is 59.1 Å². The number of likely N-dealkylation sites (tertiary alicyclic amines) is 4. The van der Waals surface area contributed by atoms with Crippen LogP contribution in [0.15, 0.2) is 133 Å². The van der Waals surface area contributed by atoms with E-state index in [2.05, 4.69) is 128 Å². The zero-order chi connectivity index (χ0) is 104. The molecule has 0 spiro atoms. The number of alkyl halides is 4. The summed E-state index contributed by atoms with van der Waals surface area (Å²) in [7, 11) is 0. The first kappa shape index (κ1) is 107. The van der Waals surface area contributed by atoms with Crippen molar-refractivity contribution < 1.29 is 76.0 Å². The molecule has 0 aliphatic carbocycles. The Morgan fingerprint density at radius 2 is 0.603 bits per heavy atom. The van der Waals surface area contributed by atoms with E-state index in [0.717, 1.165) is 139 Å². The van der Waals surface area contributed by atoms with Crippen LogP contribution < -0.4 is 18.9 Å². The Labute approximate surface area is 850 Å². The summed E-state index contributed by atoms with van der Waals surface area (Å²) >= 11 is 0. The smallest absolute Gasteiger partial charge is 0.135 e. The molecular weight excluding hydrogens is 1880 g/mol. The molecule has 12 heterocycles. The number of ether oxygens (including phenoxy) is 4. The standard InChI is InChI=1S/C30H40FN3O.3C29H35F4N3O/c1-6-7-14-33-17-23(18-33)35-22-12-13-24(20(2)15-22)29-28-26(25-10-8-9-11-27(25)32-28)16-21(3)34(29)19-30(4,5)31;2*1-5-6-10-35-14-19(15-35)37-18-12-22(31)26(23(32)13-18)28-27-20(11-17(2)36(28)16-29(3,4)33)25-21(30)8-7-9-24(25)34-27;1-5-6-9-35-14-20(15-35)37-19-12-23(31)26(24(32)13-19)28-27-22(10-17(2)36(28)16-29(3,4)33)21-8-7-18(30)11-25(21)34-27/h8-13,15,21,23,29,32H,6-7,14,16-19H2,1-5H3;2*7-9,12-13,17,19,28,34H,5-6,10-11,14-16H2,1-4H3;7-8,11-13,17,20,28,34H,5-6,9-10,14-16H2,1-4H3/t21-,29-;3*17-,28-/m1100/s1. The summed E-state index contributed by atoms with van der Waals surface area (Å²) in [6.45, 7) is 41.7. The SMILES string of the molecule is CCCCN1CC(Oc2cc(F)c([C@@H]3c4[nH]c5cccc(F)c5c4C[C@@H](C)N3CC(C)(C)F)c(F)c2)C1.CCCCN1CC(Oc2cc(F)c([C@H]3c4[nH]c5cc(F)ccc5c4C[C@H](C)N3CC(C)(C)F)c(F)c2)C1.CCCCN1CC(Oc2cc(F)c([C@H]3c4[nH]c5cccc(F)c5c4C[C@H](C)N3CC(C)(C)F)c(F)c2)C1.CCCCN1CC(Oc2ccc([C@@H]3c4[nH]c5ccccc5c4C[C@@H](C)N3CC(C)(C)F)c(C)c2)C1. The van der Waals surface area contributed by atoms with Gasteiger partial charge in [0.1, 0.15) is 122 Å². The fourth-order valence-corrected chi connectivity index (χ4v) is 23.3. The van der Waals surface area contributed by atoms with E-state index in [0.29, 0.717) is 81.3 Å². The number of aromatic amines is 4. The fourth-order valence-electron chi connectivity index (χ4n) is 23.3. The van der Waals surface area contributed by atoms with Gasteiger partial charge in [0, 0.05) is 222 Å². The molecule has 16 nitrogen and oxygen atoms in total. The number of H-pyrrole nitrogens is 4. The van der Waals surface area contributed by atoms with E-state index in [9.17, 15) is 26.3 Å². The van der Waals surface area contributed by atoms with Gasteiger partial charge in [-0.2, -0.15) is 0 Å². The van der Waals surface area contributed by atoms with Gasteiger partial charge in [0.15, 0.2) is 0 Å². The largest absolute Gasteiger partial charge is 0.488 e. The molecule has 12 aromatic rings. The minimum Gasteiger partial charge on any atom is -0.488 e. The number of benzene rings is 8. The van der Waals surface area contributed by atoms with Crippen LogP contribution in [0, 0.1) is 59.3 Å². The van der Waals surface area contributed by atoms with Crippen LogP contribution in [0.3, 0.4) is 0 Å². The zero-order valence-corrected chi connectivity index (χ0v) is 87.6. The Kier molecular flexibility index (Phi) is 32.4. The van der Waals surface area contributed by atoms with Crippen LogP contribution in [0.1, 0.15) is 259 Å². The highest BCUT2D eigenvalue weighted by atomic mass is 19.2. The molecule has 0 saturated carbocycles. The normalized spacial score (nSPS) is 21.4. The molecule has 0 radical (unpaired) electrons.